The average molecular weight is 315 g/mol. The molecule has 0 aromatic heterocycles. The quantitative estimate of drug-likeness (QED) is 0.647. The van der Waals surface area contributed by atoms with Crippen LogP contribution in [0, 0.1) is 0 Å². The third-order valence-corrected chi connectivity index (χ3v) is 3.67. The predicted molar refractivity (Wildman–Crippen MR) is 76.6 cm³/mol. The normalized spacial score (nSPS) is 10.7. The zero-order chi connectivity index (χ0) is 13.5. The highest BCUT2D eigenvalue weighted by Gasteiger charge is 2.13. The molecular weight excluding hydrogens is 296 g/mol. The molecule has 2 N–H and O–H groups in total. The molecule has 0 heterocycles. The van der Waals surface area contributed by atoms with E-state index in [0.717, 1.165) is 19.6 Å². The standard InChI is InChI=1S/C13H19BrN2O2/c1-3-16(4-2)8-9-18-13(17)10-6-5-7-11(15)12(10)14/h5-7H,3-4,8-9,15H2,1-2H3. The van der Waals surface area contributed by atoms with Crippen molar-refractivity contribution in [3.63, 3.8) is 0 Å². The fourth-order valence-corrected chi connectivity index (χ4v) is 2.02. The molecule has 0 radical (unpaired) electrons. The van der Waals surface area contributed by atoms with E-state index in [1.54, 1.807) is 18.2 Å². The van der Waals surface area contributed by atoms with Crippen LogP contribution >= 0.6 is 15.9 Å². The van der Waals surface area contributed by atoms with Gasteiger partial charge < -0.3 is 15.4 Å². The number of nitrogens with zero attached hydrogens (tertiary/aromatic N) is 1. The van der Waals surface area contributed by atoms with Crippen molar-refractivity contribution < 1.29 is 9.53 Å². The molecule has 100 valence electrons. The molecule has 0 amide bonds. The van der Waals surface area contributed by atoms with E-state index in [0.29, 0.717) is 22.3 Å². The monoisotopic (exact) mass is 314 g/mol. The lowest BCUT2D eigenvalue weighted by atomic mass is 10.2. The Morgan fingerprint density at radius 1 is 1.39 bits per heavy atom. The number of hydrogen-bond donors (Lipinski definition) is 1. The van der Waals surface area contributed by atoms with E-state index in [2.05, 4.69) is 34.7 Å². The summed E-state index contributed by atoms with van der Waals surface area (Å²) < 4.78 is 5.83. The van der Waals surface area contributed by atoms with Crippen LogP contribution in [-0.2, 0) is 4.74 Å². The number of rotatable bonds is 6. The third kappa shape index (κ3) is 3.99. The lowest BCUT2D eigenvalue weighted by Crippen LogP contribution is -2.28. The Bertz CT molecular complexity index is 406. The maximum Gasteiger partial charge on any atom is 0.339 e. The fourth-order valence-electron chi connectivity index (χ4n) is 1.59. The van der Waals surface area contributed by atoms with Crippen LogP contribution in [0.2, 0.25) is 0 Å². The van der Waals surface area contributed by atoms with Crippen LogP contribution in [-0.4, -0.2) is 37.1 Å². The Hall–Kier alpha value is -1.07. The molecule has 0 bridgehead atoms. The first-order valence-electron chi connectivity index (χ1n) is 6.03. The van der Waals surface area contributed by atoms with Crippen LogP contribution in [0.3, 0.4) is 0 Å². The number of halogens is 1. The molecule has 0 saturated heterocycles. The summed E-state index contributed by atoms with van der Waals surface area (Å²) in [5, 5.41) is 0. The van der Waals surface area contributed by atoms with E-state index < -0.39 is 0 Å². The molecule has 18 heavy (non-hydrogen) atoms. The first-order valence-corrected chi connectivity index (χ1v) is 6.82. The van der Waals surface area contributed by atoms with Crippen LogP contribution in [0.15, 0.2) is 22.7 Å². The SMILES string of the molecule is CCN(CC)CCOC(=O)c1cccc(N)c1Br. The van der Waals surface area contributed by atoms with Gasteiger partial charge in [0.1, 0.15) is 6.61 Å². The van der Waals surface area contributed by atoms with E-state index in [-0.39, 0.29) is 5.97 Å². The number of benzene rings is 1. The number of carbonyl (C=O) groups is 1. The van der Waals surface area contributed by atoms with Gasteiger partial charge in [0, 0.05) is 12.2 Å². The van der Waals surface area contributed by atoms with E-state index in [4.69, 9.17) is 10.5 Å². The van der Waals surface area contributed by atoms with Crippen LogP contribution in [0.1, 0.15) is 24.2 Å². The van der Waals surface area contributed by atoms with E-state index >= 15 is 0 Å². The summed E-state index contributed by atoms with van der Waals surface area (Å²) in [5.74, 6) is -0.346. The molecule has 5 heteroatoms. The number of anilines is 1. The molecule has 0 fully saturated rings. The van der Waals surface area contributed by atoms with E-state index in [9.17, 15) is 4.79 Å². The summed E-state index contributed by atoms with van der Waals surface area (Å²) in [6, 6.07) is 5.16. The summed E-state index contributed by atoms with van der Waals surface area (Å²) in [6.45, 7) is 7.21. The van der Waals surface area contributed by atoms with Crippen molar-refractivity contribution in [1.29, 1.82) is 0 Å². The topological polar surface area (TPSA) is 55.6 Å². The molecule has 0 unspecified atom stereocenters. The number of nitrogens with two attached hydrogens (primary N) is 1. The molecule has 0 aliphatic rings. The van der Waals surface area contributed by atoms with Gasteiger partial charge in [0.15, 0.2) is 0 Å². The zero-order valence-electron chi connectivity index (χ0n) is 10.8. The number of hydrogen-bond acceptors (Lipinski definition) is 4. The molecule has 0 aliphatic carbocycles. The van der Waals surface area contributed by atoms with Crippen LogP contribution in [0.4, 0.5) is 5.69 Å². The van der Waals surface area contributed by atoms with Gasteiger partial charge in [0.2, 0.25) is 0 Å². The molecule has 4 nitrogen and oxygen atoms in total. The van der Waals surface area contributed by atoms with Crippen molar-refractivity contribution in [2.45, 2.75) is 13.8 Å². The molecule has 1 aromatic carbocycles. The van der Waals surface area contributed by atoms with Gasteiger partial charge in [0.25, 0.3) is 0 Å². The van der Waals surface area contributed by atoms with Crippen LogP contribution in [0.5, 0.6) is 0 Å². The summed E-state index contributed by atoms with van der Waals surface area (Å²) in [5.41, 5.74) is 6.72. The van der Waals surface area contributed by atoms with Gasteiger partial charge in [-0.25, -0.2) is 4.79 Å². The molecule has 0 aliphatic heterocycles. The van der Waals surface area contributed by atoms with E-state index in [1.807, 2.05) is 0 Å². The highest BCUT2D eigenvalue weighted by Crippen LogP contribution is 2.24. The Balaban J connectivity index is 2.53. The number of nitrogen functional groups attached to an aromatic ring is 1. The maximum atomic E-state index is 11.8. The van der Waals surface area contributed by atoms with Crippen molar-refractivity contribution in [3.8, 4) is 0 Å². The summed E-state index contributed by atoms with van der Waals surface area (Å²) in [6.07, 6.45) is 0. The summed E-state index contributed by atoms with van der Waals surface area (Å²) >= 11 is 3.29. The molecule has 0 atom stereocenters. The molecule has 0 spiro atoms. The summed E-state index contributed by atoms with van der Waals surface area (Å²) in [7, 11) is 0. The van der Waals surface area contributed by atoms with Gasteiger partial charge in [-0.2, -0.15) is 0 Å². The van der Waals surface area contributed by atoms with Gasteiger partial charge >= 0.3 is 5.97 Å². The lowest BCUT2D eigenvalue weighted by molar-refractivity contribution is 0.0465. The Morgan fingerprint density at radius 2 is 2.06 bits per heavy atom. The maximum absolute atomic E-state index is 11.8. The number of likely N-dealkylation sites (N-methyl/N-ethyl adjacent to an activating group) is 1. The largest absolute Gasteiger partial charge is 0.461 e. The van der Waals surface area contributed by atoms with Crippen molar-refractivity contribution in [2.75, 3.05) is 32.0 Å². The lowest BCUT2D eigenvalue weighted by Gasteiger charge is -2.17. The van der Waals surface area contributed by atoms with Crippen LogP contribution < -0.4 is 5.73 Å². The Labute approximate surface area is 116 Å². The van der Waals surface area contributed by atoms with Crippen molar-refractivity contribution in [2.24, 2.45) is 0 Å². The second kappa shape index (κ2) is 7.38. The number of esters is 1. The minimum atomic E-state index is -0.346. The van der Waals surface area contributed by atoms with Crippen LogP contribution in [0.25, 0.3) is 0 Å². The van der Waals surface area contributed by atoms with Gasteiger partial charge in [-0.1, -0.05) is 19.9 Å². The van der Waals surface area contributed by atoms with Gasteiger partial charge in [0.05, 0.1) is 10.0 Å². The Morgan fingerprint density at radius 3 is 2.67 bits per heavy atom. The van der Waals surface area contributed by atoms with Crippen molar-refractivity contribution in [3.05, 3.63) is 28.2 Å². The van der Waals surface area contributed by atoms with Gasteiger partial charge in [-0.05, 0) is 41.2 Å². The highest BCUT2D eigenvalue weighted by atomic mass is 79.9. The molecule has 0 saturated carbocycles. The first-order chi connectivity index (χ1) is 8.60. The van der Waals surface area contributed by atoms with Crippen molar-refractivity contribution >= 4 is 27.6 Å². The average Bonchev–Trinajstić information content (AvgIpc) is 2.37. The zero-order valence-corrected chi connectivity index (χ0v) is 12.4. The first kappa shape index (κ1) is 15.0. The van der Waals surface area contributed by atoms with Gasteiger partial charge in [-0.3, -0.25) is 0 Å². The third-order valence-electron chi connectivity index (χ3n) is 2.78. The molecule has 1 aromatic rings. The Kier molecular flexibility index (Phi) is 6.15. The van der Waals surface area contributed by atoms with Crippen molar-refractivity contribution in [1.82, 2.24) is 4.90 Å². The highest BCUT2D eigenvalue weighted by molar-refractivity contribution is 9.10. The predicted octanol–water partition coefficient (Wildman–Crippen LogP) is 2.53. The minimum Gasteiger partial charge on any atom is -0.461 e. The molecular formula is C13H19BrN2O2. The van der Waals surface area contributed by atoms with Gasteiger partial charge in [-0.15, -0.1) is 0 Å². The number of ether oxygens (including phenoxy) is 1. The summed E-state index contributed by atoms with van der Waals surface area (Å²) in [4.78, 5) is 14.0. The second-order valence-corrected chi connectivity index (χ2v) is 4.66. The van der Waals surface area contributed by atoms with E-state index in [1.165, 1.54) is 0 Å². The molecule has 1 rings (SSSR count). The smallest absolute Gasteiger partial charge is 0.339 e. The fraction of sp³-hybridized carbons (Fsp3) is 0.462. The second-order valence-electron chi connectivity index (χ2n) is 3.87. The number of carbonyl (C=O) groups excluding carboxylic acids is 1. The minimum absolute atomic E-state index is 0.346.